The fourth-order valence-electron chi connectivity index (χ4n) is 2.42. The van der Waals surface area contributed by atoms with E-state index in [-0.39, 0.29) is 17.6 Å². The van der Waals surface area contributed by atoms with Gasteiger partial charge in [0.1, 0.15) is 5.82 Å². The van der Waals surface area contributed by atoms with Crippen LogP contribution in [0.4, 0.5) is 10.1 Å². The number of nitrogens with zero attached hydrogens (tertiary/aromatic N) is 1. The molecule has 0 radical (unpaired) electrons. The molecule has 0 atom stereocenters. The maximum absolute atomic E-state index is 12.9. The monoisotopic (exact) mass is 375 g/mol. The number of carbonyl (C=O) groups is 2. The first-order chi connectivity index (χ1) is 13.6. The van der Waals surface area contributed by atoms with Crippen LogP contribution < -0.4 is 10.6 Å². The number of halogens is 1. The van der Waals surface area contributed by atoms with Gasteiger partial charge in [-0.15, -0.1) is 0 Å². The molecular formula is C22H18FN3O2. The molecule has 1 heterocycles. The highest BCUT2D eigenvalue weighted by Gasteiger charge is 2.05. The van der Waals surface area contributed by atoms with Gasteiger partial charge in [-0.2, -0.15) is 0 Å². The van der Waals surface area contributed by atoms with Crippen molar-refractivity contribution in [1.82, 2.24) is 10.3 Å². The number of carbonyl (C=O) groups excluding carboxylic acids is 2. The SMILES string of the molecule is O=C(/C=C/c1ccc(F)cc1)Nc1ccc(CNC(=O)c2cccnc2)cc1. The van der Waals surface area contributed by atoms with Gasteiger partial charge in [0.2, 0.25) is 5.91 Å². The van der Waals surface area contributed by atoms with Gasteiger partial charge in [-0.05, 0) is 53.6 Å². The summed E-state index contributed by atoms with van der Waals surface area (Å²) in [5.41, 5.74) is 2.77. The second-order valence-electron chi connectivity index (χ2n) is 6.00. The van der Waals surface area contributed by atoms with Gasteiger partial charge in [0, 0.05) is 30.7 Å². The largest absolute Gasteiger partial charge is 0.348 e. The Hall–Kier alpha value is -3.80. The van der Waals surface area contributed by atoms with Gasteiger partial charge in [-0.25, -0.2) is 4.39 Å². The lowest BCUT2D eigenvalue weighted by molar-refractivity contribution is -0.111. The van der Waals surface area contributed by atoms with Crippen molar-refractivity contribution in [2.45, 2.75) is 6.54 Å². The fourth-order valence-corrected chi connectivity index (χ4v) is 2.42. The van der Waals surface area contributed by atoms with E-state index in [0.717, 1.165) is 11.1 Å². The molecule has 0 aliphatic rings. The van der Waals surface area contributed by atoms with Gasteiger partial charge >= 0.3 is 0 Å². The summed E-state index contributed by atoms with van der Waals surface area (Å²) in [4.78, 5) is 27.9. The predicted molar refractivity (Wildman–Crippen MR) is 106 cm³/mol. The number of benzene rings is 2. The zero-order valence-corrected chi connectivity index (χ0v) is 14.9. The maximum atomic E-state index is 12.9. The molecule has 2 N–H and O–H groups in total. The number of nitrogens with one attached hydrogen (secondary N) is 2. The van der Waals surface area contributed by atoms with Crippen LogP contribution in [0.3, 0.4) is 0 Å². The highest BCUT2D eigenvalue weighted by molar-refractivity contribution is 6.01. The lowest BCUT2D eigenvalue weighted by Gasteiger charge is -2.07. The Morgan fingerprint density at radius 3 is 2.43 bits per heavy atom. The van der Waals surface area contributed by atoms with Crippen LogP contribution in [-0.4, -0.2) is 16.8 Å². The second kappa shape index (κ2) is 9.23. The van der Waals surface area contributed by atoms with Gasteiger partial charge in [0.15, 0.2) is 0 Å². The Labute approximate surface area is 161 Å². The summed E-state index contributed by atoms with van der Waals surface area (Å²) in [7, 11) is 0. The molecule has 0 saturated heterocycles. The summed E-state index contributed by atoms with van der Waals surface area (Å²) in [5, 5.41) is 5.56. The lowest BCUT2D eigenvalue weighted by Crippen LogP contribution is -2.22. The Bertz CT molecular complexity index is 969. The van der Waals surface area contributed by atoms with Crippen LogP contribution >= 0.6 is 0 Å². The van der Waals surface area contributed by atoms with Gasteiger partial charge in [-0.1, -0.05) is 24.3 Å². The Balaban J connectivity index is 1.50. The molecule has 5 nitrogen and oxygen atoms in total. The van der Waals surface area contributed by atoms with E-state index in [1.54, 1.807) is 48.7 Å². The Morgan fingerprint density at radius 2 is 1.75 bits per heavy atom. The quantitative estimate of drug-likeness (QED) is 0.644. The Morgan fingerprint density at radius 1 is 1.00 bits per heavy atom. The molecule has 28 heavy (non-hydrogen) atoms. The van der Waals surface area contributed by atoms with Crippen molar-refractivity contribution >= 4 is 23.6 Å². The highest BCUT2D eigenvalue weighted by Crippen LogP contribution is 2.11. The van der Waals surface area contributed by atoms with Crippen molar-refractivity contribution in [1.29, 1.82) is 0 Å². The van der Waals surface area contributed by atoms with Gasteiger partial charge < -0.3 is 10.6 Å². The number of rotatable bonds is 6. The van der Waals surface area contributed by atoms with Crippen molar-refractivity contribution in [2.24, 2.45) is 0 Å². The number of aromatic nitrogens is 1. The lowest BCUT2D eigenvalue weighted by atomic mass is 10.2. The minimum absolute atomic E-state index is 0.198. The van der Waals surface area contributed by atoms with E-state index in [1.807, 2.05) is 12.1 Å². The normalized spacial score (nSPS) is 10.6. The zero-order valence-electron chi connectivity index (χ0n) is 14.9. The van der Waals surface area contributed by atoms with E-state index < -0.39 is 0 Å². The third-order valence-electron chi connectivity index (χ3n) is 3.90. The first-order valence-electron chi connectivity index (χ1n) is 8.62. The standard InChI is InChI=1S/C22H18FN3O2/c23-19-8-3-16(4-9-19)7-12-21(27)26-20-10-5-17(6-11-20)14-25-22(28)18-2-1-13-24-15-18/h1-13,15H,14H2,(H,25,28)(H,26,27)/b12-7+. The summed E-state index contributed by atoms with van der Waals surface area (Å²) >= 11 is 0. The van der Waals surface area contributed by atoms with Crippen LogP contribution in [0.5, 0.6) is 0 Å². The summed E-state index contributed by atoms with van der Waals surface area (Å²) in [6, 6.07) is 16.4. The highest BCUT2D eigenvalue weighted by atomic mass is 19.1. The van der Waals surface area contributed by atoms with E-state index in [2.05, 4.69) is 15.6 Å². The van der Waals surface area contributed by atoms with Crippen molar-refractivity contribution in [3.8, 4) is 0 Å². The first-order valence-corrected chi connectivity index (χ1v) is 8.62. The molecular weight excluding hydrogens is 357 g/mol. The van der Waals surface area contributed by atoms with Crippen molar-refractivity contribution in [3.05, 3.63) is 102 Å². The smallest absolute Gasteiger partial charge is 0.253 e. The molecule has 3 aromatic rings. The molecule has 0 aliphatic carbocycles. The molecule has 0 saturated carbocycles. The minimum Gasteiger partial charge on any atom is -0.348 e. The average molecular weight is 375 g/mol. The molecule has 6 heteroatoms. The molecule has 2 aromatic carbocycles. The van der Waals surface area contributed by atoms with E-state index in [4.69, 9.17) is 0 Å². The van der Waals surface area contributed by atoms with E-state index in [0.29, 0.717) is 17.8 Å². The van der Waals surface area contributed by atoms with Crippen LogP contribution in [0, 0.1) is 5.82 Å². The minimum atomic E-state index is -0.321. The molecule has 0 fully saturated rings. The predicted octanol–water partition coefficient (Wildman–Crippen LogP) is 3.80. The summed E-state index contributed by atoms with van der Waals surface area (Å²) in [6.45, 7) is 0.367. The van der Waals surface area contributed by atoms with Crippen LogP contribution in [0.15, 0.2) is 79.1 Å². The number of hydrogen-bond donors (Lipinski definition) is 2. The Kier molecular flexibility index (Phi) is 6.25. The van der Waals surface area contributed by atoms with E-state index in [1.165, 1.54) is 24.4 Å². The number of pyridine rings is 1. The van der Waals surface area contributed by atoms with Crippen molar-refractivity contribution in [2.75, 3.05) is 5.32 Å². The first kappa shape index (κ1) is 19.0. The van der Waals surface area contributed by atoms with Crippen LogP contribution in [-0.2, 0) is 11.3 Å². The summed E-state index contributed by atoms with van der Waals surface area (Å²) in [6.07, 6.45) is 6.11. The van der Waals surface area contributed by atoms with Crippen LogP contribution in [0.1, 0.15) is 21.5 Å². The van der Waals surface area contributed by atoms with Crippen molar-refractivity contribution < 1.29 is 14.0 Å². The van der Waals surface area contributed by atoms with Gasteiger partial charge in [0.25, 0.3) is 5.91 Å². The molecule has 0 aliphatic heterocycles. The number of anilines is 1. The molecule has 0 bridgehead atoms. The molecule has 2 amide bonds. The fraction of sp³-hybridized carbons (Fsp3) is 0.0455. The van der Waals surface area contributed by atoms with E-state index in [9.17, 15) is 14.0 Å². The third kappa shape index (κ3) is 5.60. The van der Waals surface area contributed by atoms with Gasteiger partial charge in [0.05, 0.1) is 5.56 Å². The average Bonchev–Trinajstić information content (AvgIpc) is 2.73. The van der Waals surface area contributed by atoms with Crippen LogP contribution in [0.2, 0.25) is 0 Å². The van der Waals surface area contributed by atoms with E-state index >= 15 is 0 Å². The molecule has 0 unspecified atom stereocenters. The molecule has 0 spiro atoms. The molecule has 1 aromatic heterocycles. The van der Waals surface area contributed by atoms with Crippen molar-refractivity contribution in [3.63, 3.8) is 0 Å². The maximum Gasteiger partial charge on any atom is 0.253 e. The van der Waals surface area contributed by atoms with Crippen LogP contribution in [0.25, 0.3) is 6.08 Å². The topological polar surface area (TPSA) is 71.1 Å². The summed E-state index contributed by atoms with van der Waals surface area (Å²) in [5.74, 6) is -0.809. The second-order valence-corrected chi connectivity index (χ2v) is 6.00. The summed E-state index contributed by atoms with van der Waals surface area (Å²) < 4.78 is 12.9. The molecule has 3 rings (SSSR count). The number of hydrogen-bond acceptors (Lipinski definition) is 3. The van der Waals surface area contributed by atoms with Gasteiger partial charge in [-0.3, -0.25) is 14.6 Å². The zero-order chi connectivity index (χ0) is 19.8. The third-order valence-corrected chi connectivity index (χ3v) is 3.90. The number of amides is 2. The molecule has 140 valence electrons.